The first-order valence-corrected chi connectivity index (χ1v) is 6.75. The molecule has 0 spiro atoms. The van der Waals surface area contributed by atoms with Crippen LogP contribution in [0, 0.1) is 0 Å². The summed E-state index contributed by atoms with van der Waals surface area (Å²) >= 11 is 0. The minimum absolute atomic E-state index is 0.293. The van der Waals surface area contributed by atoms with Crippen LogP contribution in [-0.2, 0) is 16.0 Å². The second-order valence-electron chi connectivity index (χ2n) is 4.82. The van der Waals surface area contributed by atoms with Gasteiger partial charge in [-0.2, -0.15) is 0 Å². The van der Waals surface area contributed by atoms with Crippen molar-refractivity contribution in [1.29, 1.82) is 0 Å². The van der Waals surface area contributed by atoms with Crippen LogP contribution in [0.5, 0.6) is 0 Å². The van der Waals surface area contributed by atoms with E-state index in [4.69, 9.17) is 4.74 Å². The molecule has 1 aromatic rings. The molecule has 1 aromatic carbocycles. The number of carbonyl (C=O) groups excluding carboxylic acids is 1. The average molecular weight is 263 g/mol. The maximum atomic E-state index is 11.3. The maximum absolute atomic E-state index is 11.3. The van der Waals surface area contributed by atoms with Crippen LogP contribution in [-0.4, -0.2) is 31.8 Å². The van der Waals surface area contributed by atoms with Gasteiger partial charge in [0.2, 0.25) is 0 Å². The van der Waals surface area contributed by atoms with Gasteiger partial charge in [-0.15, -0.1) is 0 Å². The molecule has 19 heavy (non-hydrogen) atoms. The second-order valence-corrected chi connectivity index (χ2v) is 4.82. The highest BCUT2D eigenvalue weighted by molar-refractivity contribution is 5.89. The minimum Gasteiger partial charge on any atom is -0.465 e. The fraction of sp³-hybridized carbons (Fsp3) is 0.533. The number of rotatable bonds is 6. The summed E-state index contributed by atoms with van der Waals surface area (Å²) in [5.74, 6) is -0.293. The SMILES string of the molecule is CCOC1CC(NCc2ccc(C(=O)OC)cc2)C1. The monoisotopic (exact) mass is 263 g/mol. The Morgan fingerprint density at radius 3 is 2.58 bits per heavy atom. The summed E-state index contributed by atoms with van der Waals surface area (Å²) in [7, 11) is 1.39. The van der Waals surface area contributed by atoms with Gasteiger partial charge in [0.15, 0.2) is 0 Å². The summed E-state index contributed by atoms with van der Waals surface area (Å²) in [6.45, 7) is 3.65. The van der Waals surface area contributed by atoms with Crippen molar-refractivity contribution in [2.24, 2.45) is 0 Å². The molecular formula is C15H21NO3. The van der Waals surface area contributed by atoms with Crippen molar-refractivity contribution >= 4 is 5.97 Å². The number of carbonyl (C=O) groups is 1. The van der Waals surface area contributed by atoms with Gasteiger partial charge in [0, 0.05) is 19.2 Å². The molecule has 104 valence electrons. The van der Waals surface area contributed by atoms with Crippen molar-refractivity contribution < 1.29 is 14.3 Å². The summed E-state index contributed by atoms with van der Waals surface area (Å²) < 4.78 is 10.2. The zero-order valence-corrected chi connectivity index (χ0v) is 11.5. The van der Waals surface area contributed by atoms with E-state index in [0.29, 0.717) is 17.7 Å². The number of benzene rings is 1. The Balaban J connectivity index is 1.74. The van der Waals surface area contributed by atoms with Gasteiger partial charge < -0.3 is 14.8 Å². The molecule has 1 aliphatic rings. The molecule has 0 amide bonds. The van der Waals surface area contributed by atoms with Gasteiger partial charge in [0.25, 0.3) is 0 Å². The van der Waals surface area contributed by atoms with E-state index in [9.17, 15) is 4.79 Å². The Morgan fingerprint density at radius 2 is 2.00 bits per heavy atom. The van der Waals surface area contributed by atoms with Crippen molar-refractivity contribution in [2.45, 2.75) is 38.5 Å². The Kier molecular flexibility index (Phi) is 4.93. The first kappa shape index (κ1) is 14.0. The molecule has 1 aliphatic carbocycles. The third-order valence-corrected chi connectivity index (χ3v) is 3.47. The molecule has 4 heteroatoms. The zero-order chi connectivity index (χ0) is 13.7. The molecule has 1 N–H and O–H groups in total. The van der Waals surface area contributed by atoms with Crippen LogP contribution in [0.15, 0.2) is 24.3 Å². The lowest BCUT2D eigenvalue weighted by atomic mass is 9.89. The smallest absolute Gasteiger partial charge is 0.337 e. The fourth-order valence-electron chi connectivity index (χ4n) is 2.24. The number of nitrogens with one attached hydrogen (secondary N) is 1. The highest BCUT2D eigenvalue weighted by atomic mass is 16.5. The lowest BCUT2D eigenvalue weighted by molar-refractivity contribution is -0.0102. The molecule has 0 bridgehead atoms. The van der Waals surface area contributed by atoms with E-state index in [1.807, 2.05) is 19.1 Å². The van der Waals surface area contributed by atoms with E-state index in [2.05, 4.69) is 10.1 Å². The predicted molar refractivity (Wildman–Crippen MR) is 73.1 cm³/mol. The first-order valence-electron chi connectivity index (χ1n) is 6.75. The van der Waals surface area contributed by atoms with Crippen LogP contribution in [0.2, 0.25) is 0 Å². The van der Waals surface area contributed by atoms with Crippen LogP contribution >= 0.6 is 0 Å². The summed E-state index contributed by atoms with van der Waals surface area (Å²) in [5, 5.41) is 3.49. The van der Waals surface area contributed by atoms with E-state index >= 15 is 0 Å². The second kappa shape index (κ2) is 6.68. The summed E-state index contributed by atoms with van der Waals surface area (Å²) in [5.41, 5.74) is 1.76. The molecule has 1 saturated carbocycles. The lowest BCUT2D eigenvalue weighted by Gasteiger charge is -2.35. The normalized spacial score (nSPS) is 21.8. The molecule has 0 unspecified atom stereocenters. The molecule has 0 heterocycles. The number of hydrogen-bond donors (Lipinski definition) is 1. The zero-order valence-electron chi connectivity index (χ0n) is 11.5. The molecule has 0 radical (unpaired) electrons. The van der Waals surface area contributed by atoms with Gasteiger partial charge in [-0.3, -0.25) is 0 Å². The van der Waals surface area contributed by atoms with Crippen molar-refractivity contribution in [1.82, 2.24) is 5.32 Å². The topological polar surface area (TPSA) is 47.6 Å². The molecule has 0 saturated heterocycles. The van der Waals surface area contributed by atoms with Crippen LogP contribution in [0.4, 0.5) is 0 Å². The maximum Gasteiger partial charge on any atom is 0.337 e. The van der Waals surface area contributed by atoms with Gasteiger partial charge in [-0.05, 0) is 37.5 Å². The Bertz CT molecular complexity index is 410. The third-order valence-electron chi connectivity index (χ3n) is 3.47. The molecule has 1 fully saturated rings. The average Bonchev–Trinajstić information content (AvgIpc) is 2.41. The minimum atomic E-state index is -0.293. The fourth-order valence-corrected chi connectivity index (χ4v) is 2.24. The molecule has 4 nitrogen and oxygen atoms in total. The molecule has 0 aromatic heterocycles. The summed E-state index contributed by atoms with van der Waals surface area (Å²) in [6.07, 6.45) is 2.62. The Labute approximate surface area is 114 Å². The Morgan fingerprint density at radius 1 is 1.32 bits per heavy atom. The molecular weight excluding hydrogens is 242 g/mol. The Hall–Kier alpha value is -1.39. The third kappa shape index (κ3) is 3.78. The van der Waals surface area contributed by atoms with E-state index < -0.39 is 0 Å². The van der Waals surface area contributed by atoms with E-state index in [0.717, 1.165) is 26.0 Å². The molecule has 0 aliphatic heterocycles. The number of hydrogen-bond acceptors (Lipinski definition) is 4. The van der Waals surface area contributed by atoms with Gasteiger partial charge in [-0.25, -0.2) is 4.79 Å². The largest absolute Gasteiger partial charge is 0.465 e. The van der Waals surface area contributed by atoms with Gasteiger partial charge in [0.1, 0.15) is 0 Å². The number of ether oxygens (including phenoxy) is 2. The van der Waals surface area contributed by atoms with Crippen LogP contribution in [0.25, 0.3) is 0 Å². The summed E-state index contributed by atoms with van der Waals surface area (Å²) in [6, 6.07) is 8.06. The molecule has 0 atom stereocenters. The molecule has 2 rings (SSSR count). The van der Waals surface area contributed by atoms with Gasteiger partial charge in [-0.1, -0.05) is 12.1 Å². The number of methoxy groups -OCH3 is 1. The van der Waals surface area contributed by atoms with Crippen molar-refractivity contribution in [3.8, 4) is 0 Å². The van der Waals surface area contributed by atoms with Crippen molar-refractivity contribution in [3.05, 3.63) is 35.4 Å². The van der Waals surface area contributed by atoms with Crippen LogP contribution in [0.3, 0.4) is 0 Å². The van der Waals surface area contributed by atoms with Crippen LogP contribution < -0.4 is 5.32 Å². The van der Waals surface area contributed by atoms with Gasteiger partial charge in [0.05, 0.1) is 18.8 Å². The van der Waals surface area contributed by atoms with Crippen LogP contribution in [0.1, 0.15) is 35.7 Å². The van der Waals surface area contributed by atoms with Crippen molar-refractivity contribution in [3.63, 3.8) is 0 Å². The predicted octanol–water partition coefficient (Wildman–Crippen LogP) is 2.13. The first-order chi connectivity index (χ1) is 9.22. The quantitative estimate of drug-likeness (QED) is 0.799. The van der Waals surface area contributed by atoms with E-state index in [-0.39, 0.29) is 5.97 Å². The standard InChI is InChI=1S/C15H21NO3/c1-3-19-14-8-13(9-14)16-10-11-4-6-12(7-5-11)15(17)18-2/h4-7,13-14,16H,3,8-10H2,1-2H3. The van der Waals surface area contributed by atoms with E-state index in [1.54, 1.807) is 12.1 Å². The number of esters is 1. The highest BCUT2D eigenvalue weighted by Gasteiger charge is 2.28. The highest BCUT2D eigenvalue weighted by Crippen LogP contribution is 2.23. The summed E-state index contributed by atoms with van der Waals surface area (Å²) in [4.78, 5) is 11.3. The van der Waals surface area contributed by atoms with Gasteiger partial charge >= 0.3 is 5.97 Å². The van der Waals surface area contributed by atoms with E-state index in [1.165, 1.54) is 12.7 Å². The lowest BCUT2D eigenvalue weighted by Crippen LogP contribution is -2.45. The van der Waals surface area contributed by atoms with Crippen molar-refractivity contribution in [2.75, 3.05) is 13.7 Å².